The van der Waals surface area contributed by atoms with Crippen LogP contribution in [0.15, 0.2) is 0 Å². The Morgan fingerprint density at radius 1 is 1.47 bits per heavy atom. The lowest BCUT2D eigenvalue weighted by Crippen LogP contribution is -2.41. The van der Waals surface area contributed by atoms with Crippen molar-refractivity contribution in [2.24, 2.45) is 0 Å². The number of carbonyl (C=O) groups excluding carboxylic acids is 1. The zero-order valence-corrected chi connectivity index (χ0v) is 12.9. The van der Waals surface area contributed by atoms with Crippen LogP contribution in [0.2, 0.25) is 19.6 Å². The third-order valence-corrected chi connectivity index (χ3v) is 4.02. The maximum atomic E-state index is 11.6. The molecule has 0 saturated carbocycles. The maximum absolute atomic E-state index is 11.6. The molecule has 2 atom stereocenters. The highest BCUT2D eigenvalue weighted by atomic mass is 79.9. The molecule has 1 aliphatic rings. The third kappa shape index (κ3) is 4.08. The van der Waals surface area contributed by atoms with E-state index in [2.05, 4.69) is 35.6 Å². The first kappa shape index (κ1) is 14.7. The monoisotopic (exact) mass is 323 g/mol. The highest BCUT2D eigenvalue weighted by Gasteiger charge is 2.41. The van der Waals surface area contributed by atoms with E-state index in [-0.39, 0.29) is 17.3 Å². The number of carboxylic acids is 1. The van der Waals surface area contributed by atoms with Gasteiger partial charge in [0.25, 0.3) is 0 Å². The van der Waals surface area contributed by atoms with Crippen molar-refractivity contribution in [1.29, 1.82) is 0 Å². The number of carboxylic acid groups (broad SMARTS) is 1. The van der Waals surface area contributed by atoms with E-state index in [0.29, 0.717) is 13.0 Å². The summed E-state index contributed by atoms with van der Waals surface area (Å²) < 4.78 is 5.87. The van der Waals surface area contributed by atoms with Gasteiger partial charge >= 0.3 is 5.97 Å². The van der Waals surface area contributed by atoms with Crippen LogP contribution in [0.4, 0.5) is 0 Å². The van der Waals surface area contributed by atoms with E-state index < -0.39 is 20.3 Å². The number of likely N-dealkylation sites (tertiary alicyclic amines) is 1. The molecule has 1 N–H and O–H groups in total. The van der Waals surface area contributed by atoms with Gasteiger partial charge in [0.05, 0.1) is 11.4 Å². The van der Waals surface area contributed by atoms with Crippen LogP contribution >= 0.6 is 15.9 Å². The second-order valence-corrected chi connectivity index (χ2v) is 10.1. The Hall–Kier alpha value is -0.403. The minimum absolute atomic E-state index is 0.147. The van der Waals surface area contributed by atoms with Gasteiger partial charge in [0, 0.05) is 13.0 Å². The molecule has 17 heavy (non-hydrogen) atoms. The molecule has 1 saturated heterocycles. The van der Waals surface area contributed by atoms with E-state index in [4.69, 9.17) is 9.53 Å². The molecular weight excluding hydrogens is 306 g/mol. The molecule has 5 nitrogen and oxygen atoms in total. The summed E-state index contributed by atoms with van der Waals surface area (Å²) in [7, 11) is -1.70. The number of aliphatic carboxylic acids is 1. The van der Waals surface area contributed by atoms with Gasteiger partial charge < -0.3 is 14.4 Å². The van der Waals surface area contributed by atoms with Crippen molar-refractivity contribution in [3.8, 4) is 0 Å². The summed E-state index contributed by atoms with van der Waals surface area (Å²) >= 11 is 3.07. The van der Waals surface area contributed by atoms with Gasteiger partial charge in [-0.05, 0) is 19.6 Å². The fraction of sp³-hybridized carbons (Fsp3) is 0.800. The van der Waals surface area contributed by atoms with Gasteiger partial charge in [-0.1, -0.05) is 15.9 Å². The highest BCUT2D eigenvalue weighted by Crippen LogP contribution is 2.24. The second-order valence-electron chi connectivity index (χ2n) is 5.12. The first-order chi connectivity index (χ1) is 7.74. The lowest BCUT2D eigenvalue weighted by molar-refractivity contribution is -0.147. The van der Waals surface area contributed by atoms with Gasteiger partial charge in [0.1, 0.15) is 6.04 Å². The van der Waals surface area contributed by atoms with Crippen LogP contribution < -0.4 is 0 Å². The van der Waals surface area contributed by atoms with E-state index >= 15 is 0 Å². The molecule has 1 rings (SSSR count). The normalized spacial score (nSPS) is 25.1. The minimum atomic E-state index is -1.70. The Balaban J connectivity index is 2.72. The summed E-state index contributed by atoms with van der Waals surface area (Å²) in [4.78, 5) is 24.1. The number of nitrogens with zero attached hydrogens (tertiary/aromatic N) is 1. The quantitative estimate of drug-likeness (QED) is 0.625. The minimum Gasteiger partial charge on any atom is -0.480 e. The highest BCUT2D eigenvalue weighted by molar-refractivity contribution is 9.09. The van der Waals surface area contributed by atoms with E-state index in [1.165, 1.54) is 4.90 Å². The zero-order chi connectivity index (χ0) is 13.2. The van der Waals surface area contributed by atoms with Crippen molar-refractivity contribution in [3.63, 3.8) is 0 Å². The lowest BCUT2D eigenvalue weighted by Gasteiger charge is -2.23. The van der Waals surface area contributed by atoms with Crippen molar-refractivity contribution in [2.75, 3.05) is 11.9 Å². The van der Waals surface area contributed by atoms with Gasteiger partial charge in [0.2, 0.25) is 5.91 Å². The van der Waals surface area contributed by atoms with Gasteiger partial charge in [-0.15, -0.1) is 0 Å². The Bertz CT molecular complexity index is 318. The molecule has 0 aromatic heterocycles. The van der Waals surface area contributed by atoms with Crippen LogP contribution in [0.1, 0.15) is 6.42 Å². The zero-order valence-electron chi connectivity index (χ0n) is 10.3. The molecule has 0 radical (unpaired) electrons. The number of amides is 1. The number of hydrogen-bond donors (Lipinski definition) is 1. The van der Waals surface area contributed by atoms with Gasteiger partial charge in [0.15, 0.2) is 8.32 Å². The summed E-state index contributed by atoms with van der Waals surface area (Å²) in [5.74, 6) is -1.15. The molecule has 98 valence electrons. The van der Waals surface area contributed by atoms with Crippen LogP contribution in [0.5, 0.6) is 0 Å². The van der Waals surface area contributed by atoms with Crippen molar-refractivity contribution in [3.05, 3.63) is 0 Å². The Labute approximate surface area is 110 Å². The first-order valence-electron chi connectivity index (χ1n) is 5.50. The van der Waals surface area contributed by atoms with E-state index in [1.807, 2.05) is 0 Å². The number of carbonyl (C=O) groups is 2. The number of alkyl halides is 1. The van der Waals surface area contributed by atoms with E-state index in [1.54, 1.807) is 0 Å². The number of hydrogen-bond acceptors (Lipinski definition) is 3. The van der Waals surface area contributed by atoms with Crippen molar-refractivity contribution in [2.45, 2.75) is 38.2 Å². The Kier molecular flexibility index (Phi) is 4.74. The largest absolute Gasteiger partial charge is 0.480 e. The molecular formula is C10H18BrNO4Si. The average molecular weight is 324 g/mol. The van der Waals surface area contributed by atoms with Crippen LogP contribution in [-0.4, -0.2) is 54.2 Å². The fourth-order valence-corrected chi connectivity index (χ4v) is 3.46. The molecule has 1 fully saturated rings. The van der Waals surface area contributed by atoms with E-state index in [0.717, 1.165) is 0 Å². The second kappa shape index (κ2) is 5.49. The topological polar surface area (TPSA) is 66.8 Å². The van der Waals surface area contributed by atoms with E-state index in [9.17, 15) is 9.59 Å². The van der Waals surface area contributed by atoms with Crippen molar-refractivity contribution in [1.82, 2.24) is 4.90 Å². The average Bonchev–Trinajstić information content (AvgIpc) is 2.57. The van der Waals surface area contributed by atoms with Gasteiger partial charge in [-0.3, -0.25) is 4.79 Å². The molecule has 7 heteroatoms. The molecule has 0 aromatic carbocycles. The van der Waals surface area contributed by atoms with Crippen LogP contribution in [0.3, 0.4) is 0 Å². The molecule has 1 heterocycles. The van der Waals surface area contributed by atoms with Crippen LogP contribution in [-0.2, 0) is 14.0 Å². The number of rotatable bonds is 4. The summed E-state index contributed by atoms with van der Waals surface area (Å²) in [6.07, 6.45) is 0.240. The predicted octanol–water partition coefficient (Wildman–Crippen LogP) is 1.29. The summed E-state index contributed by atoms with van der Waals surface area (Å²) in [6, 6.07) is -0.749. The standard InChI is InChI=1S/C10H18BrNO4Si/c1-17(2,3)16-7-4-8(10(14)15)12(6-7)9(13)5-11/h7-8H,4-6H2,1-3H3,(H,14,15)/t7-,8+/m1/s1. The molecule has 0 unspecified atom stereocenters. The summed E-state index contributed by atoms with van der Waals surface area (Å²) in [5, 5.41) is 9.24. The molecule has 1 aliphatic heterocycles. The summed E-state index contributed by atoms with van der Waals surface area (Å²) in [6.45, 7) is 6.54. The number of halogens is 1. The summed E-state index contributed by atoms with van der Waals surface area (Å²) in [5.41, 5.74) is 0. The third-order valence-electron chi connectivity index (χ3n) is 2.50. The lowest BCUT2D eigenvalue weighted by atomic mass is 10.2. The van der Waals surface area contributed by atoms with Crippen molar-refractivity contribution < 1.29 is 19.1 Å². The van der Waals surface area contributed by atoms with Gasteiger partial charge in [-0.25, -0.2) is 4.79 Å². The first-order valence-corrected chi connectivity index (χ1v) is 10.0. The molecule has 0 bridgehead atoms. The molecule has 0 spiro atoms. The SMILES string of the molecule is C[Si](C)(C)O[C@@H]1C[C@@H](C(=O)O)N(C(=O)CBr)C1. The van der Waals surface area contributed by atoms with Gasteiger partial charge in [-0.2, -0.15) is 0 Å². The maximum Gasteiger partial charge on any atom is 0.326 e. The van der Waals surface area contributed by atoms with Crippen LogP contribution in [0.25, 0.3) is 0 Å². The smallest absolute Gasteiger partial charge is 0.326 e. The molecule has 0 aromatic rings. The Morgan fingerprint density at radius 2 is 2.06 bits per heavy atom. The van der Waals surface area contributed by atoms with Crippen molar-refractivity contribution >= 4 is 36.1 Å². The fourth-order valence-electron chi connectivity index (χ4n) is 1.97. The predicted molar refractivity (Wildman–Crippen MR) is 69.8 cm³/mol. The Morgan fingerprint density at radius 3 is 2.47 bits per heavy atom. The van der Waals surface area contributed by atoms with Crippen LogP contribution in [0, 0.1) is 0 Å². The molecule has 1 amide bonds. The molecule has 0 aliphatic carbocycles.